The molecule has 0 bridgehead atoms. The van der Waals surface area contributed by atoms with Crippen LogP contribution in [-0.4, -0.2) is 19.3 Å². The molecule has 1 rings (SSSR count). The molecular weight excluding hydrogens is 304 g/mol. The minimum atomic E-state index is -0.591. The van der Waals surface area contributed by atoms with Crippen molar-refractivity contribution < 1.29 is 13.5 Å². The maximum absolute atomic E-state index is 13.9. The Balaban J connectivity index is 2.99. The molecular formula is C13H18BrF2NO. The molecule has 1 aromatic rings. The summed E-state index contributed by atoms with van der Waals surface area (Å²) in [6.45, 7) is 5.89. The molecule has 18 heavy (non-hydrogen) atoms. The van der Waals surface area contributed by atoms with Gasteiger partial charge in [0.05, 0.1) is 22.7 Å². The van der Waals surface area contributed by atoms with Crippen molar-refractivity contribution >= 4 is 15.9 Å². The van der Waals surface area contributed by atoms with Crippen LogP contribution in [-0.2, 0) is 4.74 Å². The average Bonchev–Trinajstić information content (AvgIpc) is 2.27. The van der Waals surface area contributed by atoms with Crippen molar-refractivity contribution in [3.8, 4) is 0 Å². The maximum Gasteiger partial charge on any atom is 0.145 e. The molecule has 0 saturated carbocycles. The van der Waals surface area contributed by atoms with Gasteiger partial charge in [0.1, 0.15) is 11.6 Å². The quantitative estimate of drug-likeness (QED) is 0.852. The molecule has 2 nitrogen and oxygen atoms in total. The smallest absolute Gasteiger partial charge is 0.145 e. The van der Waals surface area contributed by atoms with Crippen LogP contribution in [0.3, 0.4) is 0 Å². The van der Waals surface area contributed by atoms with Crippen molar-refractivity contribution in [1.82, 2.24) is 5.32 Å². The van der Waals surface area contributed by atoms with E-state index < -0.39 is 17.7 Å². The lowest BCUT2D eigenvalue weighted by molar-refractivity contribution is -0.0147. The lowest BCUT2D eigenvalue weighted by atomic mass is 10.1. The zero-order valence-corrected chi connectivity index (χ0v) is 12.6. The Labute approximate surface area is 115 Å². The molecule has 0 heterocycles. The Hall–Kier alpha value is -0.520. The van der Waals surface area contributed by atoms with Crippen LogP contribution in [0.2, 0.25) is 0 Å². The van der Waals surface area contributed by atoms with Gasteiger partial charge in [-0.15, -0.1) is 0 Å². The van der Waals surface area contributed by atoms with Crippen LogP contribution in [0, 0.1) is 11.6 Å². The second-order valence-electron chi connectivity index (χ2n) is 5.02. The van der Waals surface area contributed by atoms with Gasteiger partial charge >= 0.3 is 0 Å². The van der Waals surface area contributed by atoms with Crippen LogP contribution in [0.5, 0.6) is 0 Å². The largest absolute Gasteiger partial charge is 0.374 e. The Kier molecular flexibility index (Phi) is 5.25. The van der Waals surface area contributed by atoms with Crippen LogP contribution >= 0.6 is 15.9 Å². The van der Waals surface area contributed by atoms with Crippen molar-refractivity contribution in [2.45, 2.75) is 32.4 Å². The van der Waals surface area contributed by atoms with Crippen LogP contribution in [0.15, 0.2) is 16.6 Å². The topological polar surface area (TPSA) is 21.3 Å². The standard InChI is InChI=1S/C13H18BrF2NO/c1-13(2,3)18-7-10(17-4)11-9(15)6-5-8(14)12(11)16/h5-6,10,17H,7H2,1-4H3. The van der Waals surface area contributed by atoms with E-state index in [1.54, 1.807) is 7.05 Å². The Morgan fingerprint density at radius 1 is 1.33 bits per heavy atom. The average molecular weight is 322 g/mol. The van der Waals surface area contributed by atoms with Crippen LogP contribution < -0.4 is 5.32 Å². The first-order valence-electron chi connectivity index (χ1n) is 5.71. The number of hydrogen-bond donors (Lipinski definition) is 1. The van der Waals surface area contributed by atoms with E-state index in [1.807, 2.05) is 20.8 Å². The molecule has 0 aliphatic heterocycles. The molecule has 0 aromatic heterocycles. The number of benzene rings is 1. The van der Waals surface area contributed by atoms with Crippen LogP contribution in [0.1, 0.15) is 32.4 Å². The lowest BCUT2D eigenvalue weighted by Crippen LogP contribution is -2.29. The zero-order chi connectivity index (χ0) is 13.9. The Morgan fingerprint density at radius 3 is 2.44 bits per heavy atom. The summed E-state index contributed by atoms with van der Waals surface area (Å²) in [5.41, 5.74) is -0.357. The fourth-order valence-corrected chi connectivity index (χ4v) is 1.85. The maximum atomic E-state index is 13.9. The van der Waals surface area contributed by atoms with E-state index in [-0.39, 0.29) is 22.2 Å². The number of ether oxygens (including phenoxy) is 1. The summed E-state index contributed by atoms with van der Waals surface area (Å²) in [7, 11) is 1.65. The highest BCUT2D eigenvalue weighted by Crippen LogP contribution is 2.27. The summed E-state index contributed by atoms with van der Waals surface area (Å²) in [6.07, 6.45) is 0. The van der Waals surface area contributed by atoms with Crippen molar-refractivity contribution in [3.05, 3.63) is 33.8 Å². The fraction of sp³-hybridized carbons (Fsp3) is 0.538. The normalized spacial score (nSPS) is 13.7. The third-order valence-corrected chi connectivity index (χ3v) is 3.07. The van der Waals surface area contributed by atoms with E-state index in [4.69, 9.17) is 4.74 Å². The predicted molar refractivity (Wildman–Crippen MR) is 71.6 cm³/mol. The van der Waals surface area contributed by atoms with E-state index >= 15 is 0 Å². The molecule has 0 amide bonds. The number of rotatable bonds is 4. The summed E-state index contributed by atoms with van der Waals surface area (Å²) in [4.78, 5) is 0. The molecule has 1 N–H and O–H groups in total. The van der Waals surface area contributed by atoms with Crippen molar-refractivity contribution in [2.24, 2.45) is 0 Å². The van der Waals surface area contributed by atoms with E-state index in [0.717, 1.165) is 0 Å². The van der Waals surface area contributed by atoms with E-state index in [2.05, 4.69) is 21.2 Å². The lowest BCUT2D eigenvalue weighted by Gasteiger charge is -2.25. The Bertz CT molecular complexity index is 418. The van der Waals surface area contributed by atoms with Gasteiger partial charge in [-0.05, 0) is 55.9 Å². The first-order chi connectivity index (χ1) is 8.26. The van der Waals surface area contributed by atoms with Gasteiger partial charge in [-0.25, -0.2) is 8.78 Å². The second-order valence-corrected chi connectivity index (χ2v) is 5.88. The molecule has 0 radical (unpaired) electrons. The molecule has 1 aromatic carbocycles. The zero-order valence-electron chi connectivity index (χ0n) is 11.0. The minimum absolute atomic E-state index is 0.00359. The van der Waals surface area contributed by atoms with E-state index in [0.29, 0.717) is 0 Å². The van der Waals surface area contributed by atoms with Crippen molar-refractivity contribution in [3.63, 3.8) is 0 Å². The summed E-state index contributed by atoms with van der Waals surface area (Å²) >= 11 is 3.06. The molecule has 0 fully saturated rings. The molecule has 5 heteroatoms. The summed E-state index contributed by atoms with van der Waals surface area (Å²) in [5, 5.41) is 2.87. The Morgan fingerprint density at radius 2 is 1.94 bits per heavy atom. The molecule has 1 atom stereocenters. The van der Waals surface area contributed by atoms with Crippen LogP contribution in [0.4, 0.5) is 8.78 Å². The number of hydrogen-bond acceptors (Lipinski definition) is 2. The highest BCUT2D eigenvalue weighted by Gasteiger charge is 2.23. The molecule has 0 aliphatic carbocycles. The predicted octanol–water partition coefficient (Wildman–Crippen LogP) is 3.80. The molecule has 1 unspecified atom stereocenters. The summed E-state index contributed by atoms with van der Waals surface area (Å²) in [5.74, 6) is -1.17. The molecule has 0 saturated heterocycles. The first-order valence-corrected chi connectivity index (χ1v) is 6.50. The van der Waals surface area contributed by atoms with Gasteiger partial charge < -0.3 is 10.1 Å². The number of likely N-dealkylation sites (N-methyl/N-ethyl adjacent to an activating group) is 1. The molecule has 0 aliphatic rings. The highest BCUT2D eigenvalue weighted by atomic mass is 79.9. The van der Waals surface area contributed by atoms with Gasteiger partial charge in [0.25, 0.3) is 0 Å². The SMILES string of the molecule is CNC(COC(C)(C)C)c1c(F)ccc(Br)c1F. The number of nitrogens with one attached hydrogen (secondary N) is 1. The highest BCUT2D eigenvalue weighted by molar-refractivity contribution is 9.10. The number of halogens is 3. The van der Waals surface area contributed by atoms with E-state index in [1.165, 1.54) is 12.1 Å². The van der Waals surface area contributed by atoms with Gasteiger partial charge in [-0.1, -0.05) is 0 Å². The van der Waals surface area contributed by atoms with Gasteiger partial charge in [0.2, 0.25) is 0 Å². The van der Waals surface area contributed by atoms with Gasteiger partial charge in [0, 0.05) is 5.56 Å². The third-order valence-electron chi connectivity index (χ3n) is 2.46. The van der Waals surface area contributed by atoms with E-state index in [9.17, 15) is 8.78 Å². The third kappa shape index (κ3) is 4.00. The minimum Gasteiger partial charge on any atom is -0.374 e. The summed E-state index contributed by atoms with van der Waals surface area (Å²) in [6, 6.07) is 2.07. The summed E-state index contributed by atoms with van der Waals surface area (Å²) < 4.78 is 33.5. The van der Waals surface area contributed by atoms with Gasteiger partial charge in [0.15, 0.2) is 0 Å². The fourth-order valence-electron chi connectivity index (χ4n) is 1.51. The van der Waals surface area contributed by atoms with Crippen molar-refractivity contribution in [1.29, 1.82) is 0 Å². The monoisotopic (exact) mass is 321 g/mol. The van der Waals surface area contributed by atoms with Crippen LogP contribution in [0.25, 0.3) is 0 Å². The first kappa shape index (κ1) is 15.5. The van der Waals surface area contributed by atoms with Gasteiger partial charge in [-0.2, -0.15) is 0 Å². The molecule has 0 spiro atoms. The van der Waals surface area contributed by atoms with Gasteiger partial charge in [-0.3, -0.25) is 0 Å². The molecule has 102 valence electrons. The second kappa shape index (κ2) is 6.08. The van der Waals surface area contributed by atoms with Crippen molar-refractivity contribution in [2.75, 3.05) is 13.7 Å².